The fraction of sp³-hybridized carbons (Fsp3) is 0.647. The molecule has 0 fully saturated rings. The van der Waals surface area contributed by atoms with Crippen LogP contribution in [0.4, 0.5) is 0 Å². The largest absolute Gasteiger partial charge is 0.494 e. The Kier molecular flexibility index (Phi) is 6.34. The van der Waals surface area contributed by atoms with Gasteiger partial charge in [0.25, 0.3) is 0 Å². The molecule has 1 aromatic carbocycles. The van der Waals surface area contributed by atoms with E-state index in [2.05, 4.69) is 34.6 Å². The molecule has 2 N–H and O–H groups in total. The molecule has 0 bridgehead atoms. The van der Waals surface area contributed by atoms with Crippen LogP contribution in [0.15, 0.2) is 24.3 Å². The minimum absolute atomic E-state index is 0.00471. The van der Waals surface area contributed by atoms with Gasteiger partial charge in [0, 0.05) is 11.5 Å². The van der Waals surface area contributed by atoms with Crippen LogP contribution >= 0.6 is 0 Å². The average molecular weight is 279 g/mol. The highest BCUT2D eigenvalue weighted by Crippen LogP contribution is 2.28. The van der Waals surface area contributed by atoms with Crippen LogP contribution in [0.5, 0.6) is 11.5 Å². The topological polar surface area (TPSA) is 44.5 Å². The van der Waals surface area contributed by atoms with Crippen LogP contribution in [0, 0.1) is 5.41 Å². The van der Waals surface area contributed by atoms with E-state index < -0.39 is 0 Å². The SMILES string of the molecule is CCCOc1ccc(OC(C(N)CC)C(C)(C)C)cc1. The molecule has 0 saturated carbocycles. The Balaban J connectivity index is 2.74. The molecule has 1 aromatic rings. The van der Waals surface area contributed by atoms with Crippen molar-refractivity contribution < 1.29 is 9.47 Å². The van der Waals surface area contributed by atoms with Crippen molar-refractivity contribution in [3.8, 4) is 11.5 Å². The molecule has 0 aliphatic heterocycles. The summed E-state index contributed by atoms with van der Waals surface area (Å²) in [5.41, 5.74) is 6.20. The third-order valence-electron chi connectivity index (χ3n) is 3.27. The van der Waals surface area contributed by atoms with Crippen molar-refractivity contribution in [1.29, 1.82) is 0 Å². The van der Waals surface area contributed by atoms with Crippen molar-refractivity contribution in [3.63, 3.8) is 0 Å². The molecule has 0 heterocycles. The molecule has 20 heavy (non-hydrogen) atoms. The Morgan fingerprint density at radius 1 is 1.05 bits per heavy atom. The summed E-state index contributed by atoms with van der Waals surface area (Å²) in [5, 5.41) is 0. The van der Waals surface area contributed by atoms with Gasteiger partial charge in [0.1, 0.15) is 17.6 Å². The zero-order valence-corrected chi connectivity index (χ0v) is 13.5. The second kappa shape index (κ2) is 7.53. The number of benzene rings is 1. The van der Waals surface area contributed by atoms with Crippen molar-refractivity contribution in [1.82, 2.24) is 0 Å². The maximum Gasteiger partial charge on any atom is 0.120 e. The summed E-state index contributed by atoms with van der Waals surface area (Å²) in [4.78, 5) is 0. The van der Waals surface area contributed by atoms with E-state index in [9.17, 15) is 0 Å². The molecule has 3 heteroatoms. The van der Waals surface area contributed by atoms with Crippen LogP contribution < -0.4 is 15.2 Å². The zero-order chi connectivity index (χ0) is 15.2. The summed E-state index contributed by atoms with van der Waals surface area (Å²) in [6, 6.07) is 7.83. The Hall–Kier alpha value is -1.22. The van der Waals surface area contributed by atoms with Gasteiger partial charge in [-0.1, -0.05) is 34.6 Å². The predicted octanol–water partition coefficient (Wildman–Crippen LogP) is 4.01. The first-order chi connectivity index (χ1) is 9.38. The third-order valence-corrected chi connectivity index (χ3v) is 3.27. The quantitative estimate of drug-likeness (QED) is 0.820. The van der Waals surface area contributed by atoms with Crippen LogP contribution in [0.25, 0.3) is 0 Å². The second-order valence-corrected chi connectivity index (χ2v) is 6.30. The Bertz CT molecular complexity index is 381. The lowest BCUT2D eigenvalue weighted by Crippen LogP contribution is -2.47. The molecule has 3 nitrogen and oxygen atoms in total. The molecule has 1 rings (SSSR count). The first kappa shape index (κ1) is 16.8. The molecule has 0 radical (unpaired) electrons. The van der Waals surface area contributed by atoms with Crippen LogP contribution in [-0.2, 0) is 0 Å². The smallest absolute Gasteiger partial charge is 0.120 e. The average Bonchev–Trinajstić information content (AvgIpc) is 2.41. The molecule has 2 unspecified atom stereocenters. The molecule has 114 valence electrons. The summed E-state index contributed by atoms with van der Waals surface area (Å²) >= 11 is 0. The molecule has 0 aliphatic rings. The molecule has 0 saturated heterocycles. The van der Waals surface area contributed by atoms with Crippen molar-refractivity contribution in [2.45, 2.75) is 59.6 Å². The van der Waals surface area contributed by atoms with Crippen molar-refractivity contribution in [3.05, 3.63) is 24.3 Å². The zero-order valence-electron chi connectivity index (χ0n) is 13.5. The van der Waals surface area contributed by atoms with E-state index in [-0.39, 0.29) is 17.6 Å². The second-order valence-electron chi connectivity index (χ2n) is 6.30. The maximum atomic E-state index is 6.20. The van der Waals surface area contributed by atoms with Crippen molar-refractivity contribution >= 4 is 0 Å². The maximum absolute atomic E-state index is 6.20. The van der Waals surface area contributed by atoms with Gasteiger partial charge in [-0.15, -0.1) is 0 Å². The van der Waals surface area contributed by atoms with Gasteiger partial charge in [-0.05, 0) is 37.1 Å². The fourth-order valence-electron chi connectivity index (χ4n) is 2.10. The van der Waals surface area contributed by atoms with Crippen LogP contribution in [0.1, 0.15) is 47.5 Å². The highest BCUT2D eigenvalue weighted by atomic mass is 16.5. The Morgan fingerprint density at radius 2 is 1.60 bits per heavy atom. The summed E-state index contributed by atoms with van der Waals surface area (Å²) in [5.74, 6) is 1.73. The first-order valence-electron chi connectivity index (χ1n) is 7.53. The molecule has 0 amide bonds. The Labute approximate surface area is 123 Å². The van der Waals surface area contributed by atoms with Crippen molar-refractivity contribution in [2.24, 2.45) is 11.1 Å². The van der Waals surface area contributed by atoms with Gasteiger partial charge in [-0.25, -0.2) is 0 Å². The number of rotatable bonds is 7. The van der Waals surface area contributed by atoms with Crippen LogP contribution in [-0.4, -0.2) is 18.8 Å². The normalized spacial score (nSPS) is 14.7. The highest BCUT2D eigenvalue weighted by Gasteiger charge is 2.31. The lowest BCUT2D eigenvalue weighted by Gasteiger charge is -2.35. The minimum Gasteiger partial charge on any atom is -0.494 e. The Morgan fingerprint density at radius 3 is 2.05 bits per heavy atom. The fourth-order valence-corrected chi connectivity index (χ4v) is 2.10. The van der Waals surface area contributed by atoms with E-state index in [0.717, 1.165) is 30.9 Å². The molecule has 0 aliphatic carbocycles. The molecule has 2 atom stereocenters. The molecule has 0 aromatic heterocycles. The van der Waals surface area contributed by atoms with Gasteiger partial charge in [0.2, 0.25) is 0 Å². The van der Waals surface area contributed by atoms with E-state index in [1.54, 1.807) is 0 Å². The van der Waals surface area contributed by atoms with Gasteiger partial charge >= 0.3 is 0 Å². The van der Waals surface area contributed by atoms with Gasteiger partial charge in [0.15, 0.2) is 0 Å². The van der Waals surface area contributed by atoms with Gasteiger partial charge in [-0.2, -0.15) is 0 Å². The molecule has 0 spiro atoms. The lowest BCUT2D eigenvalue weighted by atomic mass is 9.84. The van der Waals surface area contributed by atoms with Gasteiger partial charge in [-0.3, -0.25) is 0 Å². The highest BCUT2D eigenvalue weighted by molar-refractivity contribution is 5.31. The van der Waals surface area contributed by atoms with Gasteiger partial charge < -0.3 is 15.2 Å². The van der Waals surface area contributed by atoms with E-state index in [0.29, 0.717) is 0 Å². The number of nitrogens with two attached hydrogens (primary N) is 1. The van der Waals surface area contributed by atoms with E-state index in [4.69, 9.17) is 15.2 Å². The van der Waals surface area contributed by atoms with Crippen LogP contribution in [0.2, 0.25) is 0 Å². The standard InChI is InChI=1S/C17H29NO2/c1-6-12-19-13-8-10-14(11-9-13)20-16(15(18)7-2)17(3,4)5/h8-11,15-16H,6-7,12,18H2,1-5H3. The third kappa shape index (κ3) is 5.04. The van der Waals surface area contributed by atoms with E-state index in [1.165, 1.54) is 0 Å². The number of hydrogen-bond donors (Lipinski definition) is 1. The van der Waals surface area contributed by atoms with Crippen LogP contribution in [0.3, 0.4) is 0 Å². The van der Waals surface area contributed by atoms with E-state index >= 15 is 0 Å². The predicted molar refractivity (Wildman–Crippen MR) is 84.4 cm³/mol. The minimum atomic E-state index is -0.00471. The summed E-state index contributed by atoms with van der Waals surface area (Å²) < 4.78 is 11.7. The summed E-state index contributed by atoms with van der Waals surface area (Å²) in [6.45, 7) is 11.4. The number of hydrogen-bond acceptors (Lipinski definition) is 3. The summed E-state index contributed by atoms with van der Waals surface area (Å²) in [6.07, 6.45) is 1.91. The summed E-state index contributed by atoms with van der Waals surface area (Å²) in [7, 11) is 0. The monoisotopic (exact) mass is 279 g/mol. The molecular weight excluding hydrogens is 250 g/mol. The van der Waals surface area contributed by atoms with Crippen molar-refractivity contribution in [2.75, 3.05) is 6.61 Å². The lowest BCUT2D eigenvalue weighted by molar-refractivity contribution is 0.0621. The molecular formula is C17H29NO2. The first-order valence-corrected chi connectivity index (χ1v) is 7.53. The number of ether oxygens (including phenoxy) is 2. The van der Waals surface area contributed by atoms with E-state index in [1.807, 2.05) is 24.3 Å². The van der Waals surface area contributed by atoms with Gasteiger partial charge in [0.05, 0.1) is 6.61 Å².